The van der Waals surface area contributed by atoms with E-state index in [4.69, 9.17) is 4.74 Å². The Morgan fingerprint density at radius 2 is 2.10 bits per heavy atom. The second-order valence-corrected chi connectivity index (χ2v) is 5.27. The molecule has 1 saturated carbocycles. The minimum atomic E-state index is -0.384. The molecule has 2 rings (SSSR count). The Hall–Kier alpha value is -1.78. The van der Waals surface area contributed by atoms with Gasteiger partial charge >= 0.3 is 0 Å². The molecule has 1 N–H and O–H groups in total. The molecular weight excluding hydrogens is 256 g/mol. The lowest BCUT2D eigenvalue weighted by Gasteiger charge is -2.12. The van der Waals surface area contributed by atoms with Crippen molar-refractivity contribution in [1.29, 1.82) is 0 Å². The lowest BCUT2D eigenvalue weighted by atomic mass is 10.0. The van der Waals surface area contributed by atoms with Crippen LogP contribution in [0.25, 0.3) is 0 Å². The van der Waals surface area contributed by atoms with Crippen LogP contribution >= 0.6 is 0 Å². The molecule has 0 radical (unpaired) electrons. The number of anilines is 1. The van der Waals surface area contributed by atoms with E-state index in [9.17, 15) is 10.1 Å². The van der Waals surface area contributed by atoms with Gasteiger partial charge in [0, 0.05) is 24.4 Å². The van der Waals surface area contributed by atoms with Crippen LogP contribution < -0.4 is 10.1 Å². The number of nitrogens with one attached hydrogen (secondary N) is 1. The van der Waals surface area contributed by atoms with Crippen LogP contribution in [0.3, 0.4) is 0 Å². The number of ether oxygens (including phenoxy) is 1. The summed E-state index contributed by atoms with van der Waals surface area (Å²) in [6.45, 7) is 3.23. The molecule has 0 heterocycles. The Balaban J connectivity index is 1.96. The van der Waals surface area contributed by atoms with Gasteiger partial charge in [0.25, 0.3) is 5.69 Å². The highest BCUT2D eigenvalue weighted by atomic mass is 16.6. The minimum absolute atomic E-state index is 0.0688. The normalized spacial score (nSPS) is 15.2. The summed E-state index contributed by atoms with van der Waals surface area (Å²) in [6.07, 6.45) is 6.46. The Morgan fingerprint density at radius 1 is 1.35 bits per heavy atom. The Bertz CT molecular complexity index is 456. The van der Waals surface area contributed by atoms with Crippen molar-refractivity contribution in [2.75, 3.05) is 18.5 Å². The first kappa shape index (κ1) is 14.6. The first-order valence-corrected chi connectivity index (χ1v) is 7.35. The maximum Gasteiger partial charge on any atom is 0.275 e. The molecule has 0 aromatic heterocycles. The molecule has 0 spiro atoms. The predicted octanol–water partition coefficient (Wildman–Crippen LogP) is 3.99. The van der Waals surface area contributed by atoms with E-state index in [1.807, 2.05) is 13.0 Å². The monoisotopic (exact) mass is 278 g/mol. The Labute approximate surface area is 119 Å². The number of hydrogen-bond donors (Lipinski definition) is 1. The molecule has 0 bridgehead atoms. The van der Waals surface area contributed by atoms with Crippen LogP contribution in [0.15, 0.2) is 18.2 Å². The third-order valence-corrected chi connectivity index (χ3v) is 3.77. The maximum atomic E-state index is 10.9. The average molecular weight is 278 g/mol. The first-order chi connectivity index (χ1) is 9.69. The van der Waals surface area contributed by atoms with Gasteiger partial charge in [-0.1, -0.05) is 25.7 Å². The van der Waals surface area contributed by atoms with E-state index < -0.39 is 0 Å². The third-order valence-electron chi connectivity index (χ3n) is 3.77. The molecule has 0 unspecified atom stereocenters. The van der Waals surface area contributed by atoms with Crippen molar-refractivity contribution in [3.8, 4) is 5.75 Å². The van der Waals surface area contributed by atoms with E-state index in [1.54, 1.807) is 6.07 Å². The highest BCUT2D eigenvalue weighted by Crippen LogP contribution is 2.29. The predicted molar refractivity (Wildman–Crippen MR) is 79.3 cm³/mol. The molecular formula is C15H22N2O3. The van der Waals surface area contributed by atoms with Crippen LogP contribution in [0.5, 0.6) is 5.75 Å². The van der Waals surface area contributed by atoms with Crippen LogP contribution in [0.2, 0.25) is 0 Å². The summed E-state index contributed by atoms with van der Waals surface area (Å²) >= 11 is 0. The highest BCUT2D eigenvalue weighted by Gasteiger charge is 2.15. The summed E-state index contributed by atoms with van der Waals surface area (Å²) < 4.78 is 5.37. The zero-order valence-corrected chi connectivity index (χ0v) is 11.9. The average Bonchev–Trinajstić information content (AvgIpc) is 2.92. The van der Waals surface area contributed by atoms with Crippen LogP contribution in [-0.2, 0) is 0 Å². The van der Waals surface area contributed by atoms with Crippen LogP contribution in [-0.4, -0.2) is 18.1 Å². The quantitative estimate of drug-likeness (QED) is 0.605. The van der Waals surface area contributed by atoms with Gasteiger partial charge in [-0.3, -0.25) is 10.1 Å². The SMILES string of the molecule is CCOc1cc(NCCC2CCCC2)cc([N+](=O)[O-])c1. The standard InChI is InChI=1S/C15H22N2O3/c1-2-20-15-10-13(9-14(11-15)17(18)19)16-8-7-12-5-3-4-6-12/h9-12,16H,2-8H2,1H3. The smallest absolute Gasteiger partial charge is 0.275 e. The van der Waals surface area contributed by atoms with E-state index in [0.717, 1.165) is 24.6 Å². The van der Waals surface area contributed by atoms with Crippen molar-refractivity contribution >= 4 is 11.4 Å². The molecule has 1 fully saturated rings. The molecule has 0 atom stereocenters. The van der Waals surface area contributed by atoms with E-state index in [2.05, 4.69) is 5.32 Å². The van der Waals surface area contributed by atoms with E-state index in [-0.39, 0.29) is 10.6 Å². The largest absolute Gasteiger partial charge is 0.494 e. The zero-order valence-electron chi connectivity index (χ0n) is 11.9. The number of nitro benzene ring substituents is 1. The number of hydrogen-bond acceptors (Lipinski definition) is 4. The van der Waals surface area contributed by atoms with Crippen molar-refractivity contribution in [3.05, 3.63) is 28.3 Å². The van der Waals surface area contributed by atoms with Crippen LogP contribution in [0.4, 0.5) is 11.4 Å². The van der Waals surface area contributed by atoms with Gasteiger partial charge in [0.15, 0.2) is 0 Å². The molecule has 0 aliphatic heterocycles. The zero-order chi connectivity index (χ0) is 14.4. The number of nitro groups is 1. The van der Waals surface area contributed by atoms with Gasteiger partial charge in [0.05, 0.1) is 17.6 Å². The molecule has 1 aliphatic carbocycles. The van der Waals surface area contributed by atoms with Gasteiger partial charge in [0.1, 0.15) is 5.75 Å². The summed E-state index contributed by atoms with van der Waals surface area (Å²) in [5.41, 5.74) is 0.833. The van der Waals surface area contributed by atoms with E-state index in [1.165, 1.54) is 31.7 Å². The summed E-state index contributed by atoms with van der Waals surface area (Å²) in [5.74, 6) is 1.36. The summed E-state index contributed by atoms with van der Waals surface area (Å²) in [7, 11) is 0. The molecule has 20 heavy (non-hydrogen) atoms. The summed E-state index contributed by atoms with van der Waals surface area (Å²) in [5, 5.41) is 14.2. The van der Waals surface area contributed by atoms with Crippen LogP contribution in [0.1, 0.15) is 39.0 Å². The molecule has 1 aromatic carbocycles. The Morgan fingerprint density at radius 3 is 2.75 bits per heavy atom. The molecule has 5 heteroatoms. The van der Waals surface area contributed by atoms with E-state index in [0.29, 0.717) is 12.4 Å². The van der Waals surface area contributed by atoms with Gasteiger partial charge in [0.2, 0.25) is 0 Å². The minimum Gasteiger partial charge on any atom is -0.494 e. The van der Waals surface area contributed by atoms with Crippen LogP contribution in [0, 0.1) is 16.0 Å². The van der Waals surface area contributed by atoms with Crippen molar-refractivity contribution < 1.29 is 9.66 Å². The second-order valence-electron chi connectivity index (χ2n) is 5.27. The molecule has 1 aliphatic rings. The Kier molecular flexibility index (Phi) is 5.21. The van der Waals surface area contributed by atoms with Gasteiger partial charge in [-0.15, -0.1) is 0 Å². The van der Waals surface area contributed by atoms with E-state index >= 15 is 0 Å². The molecule has 0 amide bonds. The molecule has 110 valence electrons. The summed E-state index contributed by atoms with van der Waals surface area (Å²) in [4.78, 5) is 10.5. The molecule has 5 nitrogen and oxygen atoms in total. The van der Waals surface area contributed by atoms with Crippen molar-refractivity contribution in [1.82, 2.24) is 0 Å². The fourth-order valence-corrected chi connectivity index (χ4v) is 2.76. The van der Waals surface area contributed by atoms with Crippen molar-refractivity contribution in [2.45, 2.75) is 39.0 Å². The van der Waals surface area contributed by atoms with Gasteiger partial charge in [-0.2, -0.15) is 0 Å². The van der Waals surface area contributed by atoms with Crippen molar-refractivity contribution in [3.63, 3.8) is 0 Å². The van der Waals surface area contributed by atoms with Gasteiger partial charge < -0.3 is 10.1 Å². The molecule has 0 saturated heterocycles. The second kappa shape index (κ2) is 7.12. The van der Waals surface area contributed by atoms with Gasteiger partial charge in [-0.25, -0.2) is 0 Å². The fraction of sp³-hybridized carbons (Fsp3) is 0.600. The first-order valence-electron chi connectivity index (χ1n) is 7.35. The van der Waals surface area contributed by atoms with Gasteiger partial charge in [-0.05, 0) is 19.3 Å². The third kappa shape index (κ3) is 4.11. The number of rotatable bonds is 7. The lowest BCUT2D eigenvalue weighted by Crippen LogP contribution is -2.07. The summed E-state index contributed by atoms with van der Waals surface area (Å²) in [6, 6.07) is 4.86. The van der Waals surface area contributed by atoms with Crippen molar-refractivity contribution in [2.24, 2.45) is 5.92 Å². The lowest BCUT2D eigenvalue weighted by molar-refractivity contribution is -0.384. The fourth-order valence-electron chi connectivity index (χ4n) is 2.76. The number of non-ortho nitro benzene ring substituents is 1. The maximum absolute atomic E-state index is 10.9. The molecule has 1 aromatic rings. The number of benzene rings is 1. The topological polar surface area (TPSA) is 64.4 Å². The number of nitrogens with zero attached hydrogens (tertiary/aromatic N) is 1. The highest BCUT2D eigenvalue weighted by molar-refractivity contribution is 5.56.